The van der Waals surface area contributed by atoms with Crippen molar-refractivity contribution in [3.63, 3.8) is 0 Å². The van der Waals surface area contributed by atoms with Crippen LogP contribution in [0.5, 0.6) is 0 Å². The quantitative estimate of drug-likeness (QED) is 0.784. The maximum absolute atomic E-state index is 9.95. The Hall–Kier alpha value is -1.30. The highest BCUT2D eigenvalue weighted by Gasteiger charge is 2.21. The highest BCUT2D eigenvalue weighted by molar-refractivity contribution is 5.29. The third-order valence-corrected chi connectivity index (χ3v) is 2.92. The first-order chi connectivity index (χ1) is 8.31. The van der Waals surface area contributed by atoms with Crippen molar-refractivity contribution in [2.45, 2.75) is 51.2 Å². The van der Waals surface area contributed by atoms with E-state index in [1.807, 2.05) is 31.2 Å². The van der Waals surface area contributed by atoms with Gasteiger partial charge >= 0.3 is 0 Å². The Labute approximate surface area is 110 Å². The molecule has 0 bridgehead atoms. The lowest BCUT2D eigenvalue weighted by Crippen LogP contribution is -2.27. The topological polar surface area (TPSA) is 40.5 Å². The molecule has 2 nitrogen and oxygen atoms in total. The van der Waals surface area contributed by atoms with E-state index in [-0.39, 0.29) is 5.92 Å². The molecular weight excluding hydrogens is 224 g/mol. The lowest BCUT2D eigenvalue weighted by Gasteiger charge is -2.23. The molecule has 18 heavy (non-hydrogen) atoms. The zero-order valence-corrected chi connectivity index (χ0v) is 11.4. The SMILES string of the molecule is C#C[C@@H](CC(O)CC(C)(C)O)c1ccc(C)cc1. The number of aryl methyl sites for hydroxylation is 1. The standard InChI is InChI=1S/C16H22O2/c1-5-13(10-15(17)11-16(3,4)18)14-8-6-12(2)7-9-14/h1,6-9,13,15,17-18H,10-11H2,2-4H3/t13-,15?/m0/s1. The first kappa shape index (κ1) is 14.8. The predicted octanol–water partition coefficient (Wildman–Crippen LogP) is 2.62. The van der Waals surface area contributed by atoms with Gasteiger partial charge < -0.3 is 10.2 Å². The van der Waals surface area contributed by atoms with Crippen molar-refractivity contribution in [3.8, 4) is 12.3 Å². The zero-order valence-electron chi connectivity index (χ0n) is 11.4. The summed E-state index contributed by atoms with van der Waals surface area (Å²) in [6, 6.07) is 8.03. The molecule has 1 aromatic carbocycles. The minimum atomic E-state index is -0.869. The molecular formula is C16H22O2. The summed E-state index contributed by atoms with van der Waals surface area (Å²) < 4.78 is 0. The third kappa shape index (κ3) is 4.91. The van der Waals surface area contributed by atoms with Crippen LogP contribution in [0.4, 0.5) is 0 Å². The highest BCUT2D eigenvalue weighted by Crippen LogP contribution is 2.24. The van der Waals surface area contributed by atoms with Gasteiger partial charge in [-0.1, -0.05) is 35.7 Å². The van der Waals surface area contributed by atoms with Crippen molar-refractivity contribution < 1.29 is 10.2 Å². The number of aliphatic hydroxyl groups excluding tert-OH is 1. The highest BCUT2D eigenvalue weighted by atomic mass is 16.3. The summed E-state index contributed by atoms with van der Waals surface area (Å²) in [6.45, 7) is 5.40. The van der Waals surface area contributed by atoms with Crippen LogP contribution in [0.3, 0.4) is 0 Å². The Bertz CT molecular complexity index is 406. The summed E-state index contributed by atoms with van der Waals surface area (Å²) in [5, 5.41) is 19.6. The van der Waals surface area contributed by atoms with Gasteiger partial charge in [-0.3, -0.25) is 0 Å². The van der Waals surface area contributed by atoms with E-state index in [1.54, 1.807) is 13.8 Å². The molecule has 1 unspecified atom stereocenters. The van der Waals surface area contributed by atoms with Gasteiger partial charge in [0.1, 0.15) is 0 Å². The van der Waals surface area contributed by atoms with Crippen LogP contribution in [-0.4, -0.2) is 21.9 Å². The first-order valence-electron chi connectivity index (χ1n) is 6.25. The summed E-state index contributed by atoms with van der Waals surface area (Å²) in [5.41, 5.74) is 1.36. The largest absolute Gasteiger partial charge is 0.393 e. The van der Waals surface area contributed by atoms with E-state index in [0.717, 1.165) is 5.56 Å². The number of terminal acetylenes is 1. The van der Waals surface area contributed by atoms with E-state index >= 15 is 0 Å². The second-order valence-corrected chi connectivity index (χ2v) is 5.54. The first-order valence-corrected chi connectivity index (χ1v) is 6.25. The van der Waals surface area contributed by atoms with Crippen LogP contribution < -0.4 is 0 Å². The molecule has 0 aliphatic heterocycles. The molecule has 0 fully saturated rings. The minimum absolute atomic E-state index is 0.108. The van der Waals surface area contributed by atoms with Gasteiger partial charge in [0.25, 0.3) is 0 Å². The van der Waals surface area contributed by atoms with Gasteiger partial charge in [0.15, 0.2) is 0 Å². The predicted molar refractivity (Wildman–Crippen MR) is 74.3 cm³/mol. The minimum Gasteiger partial charge on any atom is -0.393 e. The van der Waals surface area contributed by atoms with Crippen molar-refractivity contribution in [3.05, 3.63) is 35.4 Å². The molecule has 1 aromatic rings. The molecule has 98 valence electrons. The van der Waals surface area contributed by atoms with Crippen LogP contribution in [0.15, 0.2) is 24.3 Å². The molecule has 2 N–H and O–H groups in total. The fraction of sp³-hybridized carbons (Fsp3) is 0.500. The molecule has 1 rings (SSSR count). The maximum Gasteiger partial charge on any atom is 0.0616 e. The Morgan fingerprint density at radius 2 is 1.83 bits per heavy atom. The second-order valence-electron chi connectivity index (χ2n) is 5.54. The second kappa shape index (κ2) is 6.04. The van der Waals surface area contributed by atoms with E-state index in [9.17, 15) is 10.2 Å². The van der Waals surface area contributed by atoms with E-state index < -0.39 is 11.7 Å². The third-order valence-electron chi connectivity index (χ3n) is 2.92. The molecule has 0 saturated carbocycles. The van der Waals surface area contributed by atoms with Crippen LogP contribution in [0.1, 0.15) is 43.7 Å². The Kier molecular flexibility index (Phi) is 4.95. The van der Waals surface area contributed by atoms with Gasteiger partial charge in [0.05, 0.1) is 11.7 Å². The van der Waals surface area contributed by atoms with E-state index in [2.05, 4.69) is 5.92 Å². The maximum atomic E-state index is 9.95. The van der Waals surface area contributed by atoms with E-state index in [1.165, 1.54) is 5.56 Å². The van der Waals surface area contributed by atoms with Gasteiger partial charge in [-0.05, 0) is 32.8 Å². The fourth-order valence-corrected chi connectivity index (χ4v) is 2.03. The van der Waals surface area contributed by atoms with Crippen molar-refractivity contribution in [2.24, 2.45) is 0 Å². The lowest BCUT2D eigenvalue weighted by molar-refractivity contribution is 0.0150. The van der Waals surface area contributed by atoms with Crippen LogP contribution in [-0.2, 0) is 0 Å². The van der Waals surface area contributed by atoms with Crippen molar-refractivity contribution >= 4 is 0 Å². The molecule has 0 saturated heterocycles. The summed E-state index contributed by atoms with van der Waals surface area (Å²) in [4.78, 5) is 0. The number of benzene rings is 1. The lowest BCUT2D eigenvalue weighted by atomic mass is 9.89. The number of hydrogen-bond acceptors (Lipinski definition) is 2. The Balaban J connectivity index is 2.68. The fourth-order valence-electron chi connectivity index (χ4n) is 2.03. The Morgan fingerprint density at radius 3 is 2.28 bits per heavy atom. The van der Waals surface area contributed by atoms with Crippen molar-refractivity contribution in [2.75, 3.05) is 0 Å². The zero-order chi connectivity index (χ0) is 13.8. The molecule has 0 amide bonds. The summed E-state index contributed by atoms with van der Waals surface area (Å²) in [5.74, 6) is 2.60. The number of rotatable bonds is 5. The van der Waals surface area contributed by atoms with E-state index in [4.69, 9.17) is 6.42 Å². The van der Waals surface area contributed by atoms with Crippen LogP contribution >= 0.6 is 0 Å². The van der Waals surface area contributed by atoms with Crippen LogP contribution in [0.2, 0.25) is 0 Å². The van der Waals surface area contributed by atoms with Crippen LogP contribution in [0.25, 0.3) is 0 Å². The molecule has 0 aromatic heterocycles. The molecule has 2 heteroatoms. The van der Waals surface area contributed by atoms with Crippen LogP contribution in [0, 0.1) is 19.3 Å². The molecule has 0 radical (unpaired) electrons. The van der Waals surface area contributed by atoms with Crippen molar-refractivity contribution in [1.29, 1.82) is 0 Å². The molecule has 2 atom stereocenters. The van der Waals surface area contributed by atoms with Gasteiger partial charge in [-0.2, -0.15) is 0 Å². The average molecular weight is 246 g/mol. The van der Waals surface area contributed by atoms with Crippen molar-refractivity contribution in [1.82, 2.24) is 0 Å². The molecule has 0 aliphatic rings. The number of hydrogen-bond donors (Lipinski definition) is 2. The monoisotopic (exact) mass is 246 g/mol. The summed E-state index contributed by atoms with van der Waals surface area (Å²) in [7, 11) is 0. The van der Waals surface area contributed by atoms with Gasteiger partial charge in [-0.25, -0.2) is 0 Å². The Morgan fingerprint density at radius 1 is 1.28 bits per heavy atom. The van der Waals surface area contributed by atoms with E-state index in [0.29, 0.717) is 12.8 Å². The normalized spacial score (nSPS) is 14.9. The number of aliphatic hydroxyl groups is 2. The molecule has 0 heterocycles. The van der Waals surface area contributed by atoms with Gasteiger partial charge in [0.2, 0.25) is 0 Å². The smallest absolute Gasteiger partial charge is 0.0616 e. The average Bonchev–Trinajstić information content (AvgIpc) is 2.25. The molecule has 0 aliphatic carbocycles. The molecule has 0 spiro atoms. The summed E-state index contributed by atoms with van der Waals surface area (Å²) >= 11 is 0. The van der Waals surface area contributed by atoms with Gasteiger partial charge in [0, 0.05) is 12.3 Å². The summed E-state index contributed by atoms with van der Waals surface area (Å²) in [6.07, 6.45) is 5.75. The van der Waals surface area contributed by atoms with Gasteiger partial charge in [-0.15, -0.1) is 6.42 Å².